The van der Waals surface area contributed by atoms with Crippen molar-refractivity contribution in [1.82, 2.24) is 9.55 Å². The molecule has 0 fully saturated rings. The first-order valence-electron chi connectivity index (χ1n) is 6.75. The zero-order valence-corrected chi connectivity index (χ0v) is 12.0. The lowest BCUT2D eigenvalue weighted by atomic mass is 10.1. The second-order valence-electron chi connectivity index (χ2n) is 5.00. The lowest BCUT2D eigenvalue weighted by Crippen LogP contribution is -2.20. The van der Waals surface area contributed by atoms with Crippen molar-refractivity contribution in [2.75, 3.05) is 5.32 Å². The first-order valence-corrected chi connectivity index (χ1v) is 7.18. The molecular weight excluding hydrogens is 274 g/mol. The number of halogens is 1. The molecule has 1 aliphatic heterocycles. The molecule has 0 aliphatic carbocycles. The van der Waals surface area contributed by atoms with E-state index in [1.165, 1.54) is 0 Å². The van der Waals surface area contributed by atoms with Gasteiger partial charge >= 0.3 is 0 Å². The van der Waals surface area contributed by atoms with Crippen LogP contribution in [0, 0.1) is 0 Å². The Morgan fingerprint density at radius 3 is 2.85 bits per heavy atom. The number of imidazole rings is 1. The van der Waals surface area contributed by atoms with Gasteiger partial charge in [0.2, 0.25) is 5.91 Å². The molecular formula is C15H16ClN3O. The Balaban J connectivity index is 1.81. The van der Waals surface area contributed by atoms with Crippen LogP contribution in [0.1, 0.15) is 19.2 Å². The second kappa shape index (κ2) is 5.29. The molecule has 5 heteroatoms. The van der Waals surface area contributed by atoms with Crippen molar-refractivity contribution in [2.45, 2.75) is 31.7 Å². The van der Waals surface area contributed by atoms with E-state index >= 15 is 0 Å². The monoisotopic (exact) mass is 289 g/mol. The summed E-state index contributed by atoms with van der Waals surface area (Å²) in [7, 11) is 0. The second-order valence-corrected chi connectivity index (χ2v) is 5.65. The quantitative estimate of drug-likeness (QED) is 0.883. The van der Waals surface area contributed by atoms with Gasteiger partial charge in [-0.2, -0.15) is 0 Å². The number of nitrogens with zero attached hydrogens (tertiary/aromatic N) is 2. The molecule has 1 aliphatic rings. The van der Waals surface area contributed by atoms with Crippen LogP contribution in [-0.2, 0) is 17.8 Å². The maximum Gasteiger partial charge on any atom is 0.242 e. The van der Waals surface area contributed by atoms with E-state index in [-0.39, 0.29) is 5.91 Å². The fourth-order valence-electron chi connectivity index (χ4n) is 2.45. The van der Waals surface area contributed by atoms with E-state index < -0.39 is 5.38 Å². The SMILES string of the molecule is CC(Cl)C(=O)Nc1ccc(-c2cnc3n2CCC3)cc1. The number of hydrogen-bond donors (Lipinski definition) is 1. The maximum absolute atomic E-state index is 11.5. The molecule has 4 nitrogen and oxygen atoms in total. The zero-order chi connectivity index (χ0) is 14.1. The first kappa shape index (κ1) is 13.2. The lowest BCUT2D eigenvalue weighted by molar-refractivity contribution is -0.115. The van der Waals surface area contributed by atoms with E-state index in [1.807, 2.05) is 30.5 Å². The number of carbonyl (C=O) groups excluding carboxylic acids is 1. The number of aromatic nitrogens is 2. The standard InChI is InChI=1S/C15H16ClN3O/c1-10(16)15(20)18-12-6-4-11(5-7-12)13-9-17-14-3-2-8-19(13)14/h4-7,9-10H,2-3,8H2,1H3,(H,18,20). The maximum atomic E-state index is 11.5. The molecule has 1 amide bonds. The minimum atomic E-state index is -0.534. The van der Waals surface area contributed by atoms with Crippen LogP contribution in [0.5, 0.6) is 0 Å². The van der Waals surface area contributed by atoms with Crippen LogP contribution in [0.2, 0.25) is 0 Å². The third-order valence-electron chi connectivity index (χ3n) is 3.53. The number of rotatable bonds is 3. The molecule has 1 unspecified atom stereocenters. The molecule has 104 valence electrons. The fraction of sp³-hybridized carbons (Fsp3) is 0.333. The number of alkyl halides is 1. The Morgan fingerprint density at radius 2 is 2.15 bits per heavy atom. The molecule has 1 aromatic heterocycles. The fourth-order valence-corrected chi connectivity index (χ4v) is 2.51. The molecule has 3 rings (SSSR count). The highest BCUT2D eigenvalue weighted by Gasteiger charge is 2.16. The summed E-state index contributed by atoms with van der Waals surface area (Å²) in [5.74, 6) is 0.970. The summed E-state index contributed by atoms with van der Waals surface area (Å²) in [4.78, 5) is 16.0. The van der Waals surface area contributed by atoms with Gasteiger partial charge in [-0.1, -0.05) is 12.1 Å². The number of benzene rings is 1. The Hall–Kier alpha value is -1.81. The average Bonchev–Trinajstić information content (AvgIpc) is 3.02. The van der Waals surface area contributed by atoms with Crippen LogP contribution in [0.25, 0.3) is 11.3 Å². The van der Waals surface area contributed by atoms with E-state index in [2.05, 4.69) is 14.9 Å². The van der Waals surface area contributed by atoms with Gasteiger partial charge in [0.05, 0.1) is 11.9 Å². The molecule has 2 heterocycles. The molecule has 0 saturated heterocycles. The summed E-state index contributed by atoms with van der Waals surface area (Å²) in [6.07, 6.45) is 4.14. The Morgan fingerprint density at radius 1 is 1.40 bits per heavy atom. The largest absolute Gasteiger partial charge is 0.328 e. The van der Waals surface area contributed by atoms with Crippen molar-refractivity contribution < 1.29 is 4.79 Å². The molecule has 1 atom stereocenters. The summed E-state index contributed by atoms with van der Waals surface area (Å²) in [5.41, 5.74) is 3.01. The highest BCUT2D eigenvalue weighted by Crippen LogP contribution is 2.26. The average molecular weight is 290 g/mol. The molecule has 2 aromatic rings. The molecule has 1 aromatic carbocycles. The highest BCUT2D eigenvalue weighted by molar-refractivity contribution is 6.32. The summed E-state index contributed by atoms with van der Waals surface area (Å²) < 4.78 is 2.26. The summed E-state index contributed by atoms with van der Waals surface area (Å²) in [5, 5.41) is 2.24. The summed E-state index contributed by atoms with van der Waals surface area (Å²) in [6.45, 7) is 2.69. The Kier molecular flexibility index (Phi) is 3.49. The van der Waals surface area contributed by atoms with Crippen LogP contribution in [-0.4, -0.2) is 20.8 Å². The number of fused-ring (bicyclic) bond motifs is 1. The van der Waals surface area contributed by atoms with Gasteiger partial charge in [0.25, 0.3) is 0 Å². The normalized spacial score (nSPS) is 14.9. The molecule has 0 saturated carbocycles. The van der Waals surface area contributed by atoms with Crippen LogP contribution in [0.3, 0.4) is 0 Å². The van der Waals surface area contributed by atoms with Crippen molar-refractivity contribution >= 4 is 23.2 Å². The lowest BCUT2D eigenvalue weighted by Gasteiger charge is -2.08. The molecule has 20 heavy (non-hydrogen) atoms. The van der Waals surface area contributed by atoms with Gasteiger partial charge in [-0.3, -0.25) is 4.79 Å². The number of hydrogen-bond acceptors (Lipinski definition) is 2. The predicted molar refractivity (Wildman–Crippen MR) is 79.9 cm³/mol. The number of anilines is 1. The van der Waals surface area contributed by atoms with Gasteiger partial charge in [-0.05, 0) is 31.0 Å². The topological polar surface area (TPSA) is 46.9 Å². The molecule has 0 bridgehead atoms. The minimum Gasteiger partial charge on any atom is -0.328 e. The van der Waals surface area contributed by atoms with E-state index in [4.69, 9.17) is 11.6 Å². The number of amides is 1. The minimum absolute atomic E-state index is 0.190. The molecule has 0 radical (unpaired) electrons. The van der Waals surface area contributed by atoms with Crippen molar-refractivity contribution in [3.05, 3.63) is 36.3 Å². The van der Waals surface area contributed by atoms with Gasteiger partial charge in [-0.25, -0.2) is 4.98 Å². The van der Waals surface area contributed by atoms with E-state index in [0.29, 0.717) is 0 Å². The zero-order valence-electron chi connectivity index (χ0n) is 11.3. The summed E-state index contributed by atoms with van der Waals surface area (Å²) >= 11 is 5.73. The number of carbonyl (C=O) groups is 1. The van der Waals surface area contributed by atoms with E-state index in [1.54, 1.807) is 6.92 Å². The van der Waals surface area contributed by atoms with Crippen LogP contribution in [0.4, 0.5) is 5.69 Å². The van der Waals surface area contributed by atoms with Crippen LogP contribution >= 0.6 is 11.6 Å². The molecule has 1 N–H and O–H groups in total. The van der Waals surface area contributed by atoms with Crippen molar-refractivity contribution in [3.8, 4) is 11.3 Å². The summed E-state index contributed by atoms with van der Waals surface area (Å²) in [6, 6.07) is 7.77. The number of nitrogens with one attached hydrogen (secondary N) is 1. The van der Waals surface area contributed by atoms with Gasteiger partial charge in [0, 0.05) is 18.7 Å². The van der Waals surface area contributed by atoms with Crippen molar-refractivity contribution in [2.24, 2.45) is 0 Å². The Labute approximate surface area is 122 Å². The van der Waals surface area contributed by atoms with Gasteiger partial charge in [0.1, 0.15) is 11.2 Å². The smallest absolute Gasteiger partial charge is 0.242 e. The number of aryl methyl sites for hydroxylation is 1. The first-order chi connectivity index (χ1) is 9.65. The highest BCUT2D eigenvalue weighted by atomic mass is 35.5. The van der Waals surface area contributed by atoms with Crippen LogP contribution < -0.4 is 5.32 Å². The van der Waals surface area contributed by atoms with E-state index in [0.717, 1.165) is 42.2 Å². The molecule has 0 spiro atoms. The third-order valence-corrected chi connectivity index (χ3v) is 3.73. The third kappa shape index (κ3) is 2.43. The Bertz CT molecular complexity index is 631. The van der Waals surface area contributed by atoms with Crippen molar-refractivity contribution in [1.29, 1.82) is 0 Å². The van der Waals surface area contributed by atoms with Gasteiger partial charge in [-0.15, -0.1) is 11.6 Å². The van der Waals surface area contributed by atoms with Gasteiger partial charge in [0.15, 0.2) is 0 Å². The van der Waals surface area contributed by atoms with E-state index in [9.17, 15) is 4.79 Å². The van der Waals surface area contributed by atoms with Crippen LogP contribution in [0.15, 0.2) is 30.5 Å². The van der Waals surface area contributed by atoms with Crippen molar-refractivity contribution in [3.63, 3.8) is 0 Å². The predicted octanol–water partition coefficient (Wildman–Crippen LogP) is 3.06. The van der Waals surface area contributed by atoms with Gasteiger partial charge < -0.3 is 9.88 Å².